The van der Waals surface area contributed by atoms with Gasteiger partial charge in [-0.25, -0.2) is 5.43 Å². The van der Waals surface area contributed by atoms with E-state index in [0.29, 0.717) is 12.2 Å². The van der Waals surface area contributed by atoms with Crippen LogP contribution in [0.25, 0.3) is 0 Å². The van der Waals surface area contributed by atoms with Gasteiger partial charge in [-0.15, -0.1) is 0 Å². The largest absolute Gasteiger partial charge is 0.297 e. The highest BCUT2D eigenvalue weighted by molar-refractivity contribution is 5.38. The average Bonchev–Trinajstić information content (AvgIpc) is 2.77. The Morgan fingerprint density at radius 3 is 2.78 bits per heavy atom. The predicted octanol–water partition coefficient (Wildman–Crippen LogP) is 3.50. The Hall–Kier alpha value is -2.40. The molecule has 0 amide bonds. The van der Waals surface area contributed by atoms with Crippen LogP contribution in [0, 0.1) is 10.1 Å². The van der Waals surface area contributed by atoms with E-state index in [0.717, 1.165) is 24.8 Å². The van der Waals surface area contributed by atoms with Gasteiger partial charge < -0.3 is 0 Å². The predicted molar refractivity (Wildman–Crippen MR) is 89.9 cm³/mol. The highest BCUT2D eigenvalue weighted by Gasteiger charge is 2.39. The number of fused-ring (bicyclic) bond motifs is 1. The number of nitro groups is 1. The van der Waals surface area contributed by atoms with Crippen molar-refractivity contribution in [2.45, 2.75) is 32.2 Å². The molecule has 0 saturated carbocycles. The monoisotopic (exact) mass is 311 g/mol. The lowest BCUT2D eigenvalue weighted by Crippen LogP contribution is -2.33. The minimum Gasteiger partial charge on any atom is -0.297 e. The normalized spacial score (nSPS) is 19.9. The molecule has 0 aliphatic carbocycles. The molecule has 1 atom stereocenters. The highest BCUT2D eigenvalue weighted by Crippen LogP contribution is 2.33. The molecule has 2 aliphatic heterocycles. The van der Waals surface area contributed by atoms with Gasteiger partial charge >= 0.3 is 0 Å². The van der Waals surface area contributed by atoms with Crippen LogP contribution in [0.3, 0.4) is 0 Å². The van der Waals surface area contributed by atoms with Crippen LogP contribution in [-0.2, 0) is 6.42 Å². The molecule has 120 valence electrons. The zero-order valence-electron chi connectivity index (χ0n) is 13.2. The van der Waals surface area contributed by atoms with Gasteiger partial charge in [0, 0.05) is 0 Å². The lowest BCUT2D eigenvalue weighted by molar-refractivity contribution is -0.430. The summed E-state index contributed by atoms with van der Waals surface area (Å²) in [5.74, 6) is 0. The second kappa shape index (κ2) is 6.79. The van der Waals surface area contributed by atoms with Crippen molar-refractivity contribution in [1.29, 1.82) is 0 Å². The first-order chi connectivity index (χ1) is 11.2. The van der Waals surface area contributed by atoms with E-state index in [2.05, 4.69) is 24.5 Å². The molecule has 5 nitrogen and oxygen atoms in total. The van der Waals surface area contributed by atoms with Crippen molar-refractivity contribution in [3.05, 3.63) is 81.2 Å². The molecule has 23 heavy (non-hydrogen) atoms. The Balaban J connectivity index is 1.89. The molecule has 0 radical (unpaired) electrons. The van der Waals surface area contributed by atoms with Gasteiger partial charge in [0.05, 0.1) is 11.5 Å². The highest BCUT2D eigenvalue weighted by atomic mass is 16.6. The number of nitrogens with zero attached hydrogens (tertiary/aromatic N) is 2. The van der Waals surface area contributed by atoms with Crippen molar-refractivity contribution in [2.24, 2.45) is 0 Å². The van der Waals surface area contributed by atoms with Gasteiger partial charge in [-0.05, 0) is 30.0 Å². The Morgan fingerprint density at radius 1 is 1.30 bits per heavy atom. The van der Waals surface area contributed by atoms with E-state index < -0.39 is 6.04 Å². The number of benzene rings is 1. The molecule has 1 N–H and O–H groups in total. The maximum absolute atomic E-state index is 11.6. The molecule has 1 aromatic rings. The average molecular weight is 311 g/mol. The summed E-state index contributed by atoms with van der Waals surface area (Å²) in [6, 6.07) is 7.75. The maximum Gasteiger partial charge on any atom is 0.293 e. The van der Waals surface area contributed by atoms with E-state index >= 15 is 0 Å². The van der Waals surface area contributed by atoms with Crippen molar-refractivity contribution in [3.63, 3.8) is 0 Å². The van der Waals surface area contributed by atoms with Crippen LogP contribution in [0.1, 0.15) is 36.9 Å². The zero-order valence-corrected chi connectivity index (χ0v) is 13.2. The fraction of sp³-hybridized carbons (Fsp3) is 0.333. The minimum atomic E-state index is -0.406. The summed E-state index contributed by atoms with van der Waals surface area (Å²) in [4.78, 5) is 11.3. The third kappa shape index (κ3) is 3.19. The second-order valence-corrected chi connectivity index (χ2v) is 5.83. The molecular formula is C18H21N3O2. The van der Waals surface area contributed by atoms with E-state index in [4.69, 9.17) is 0 Å². The number of hydrogen-bond donors (Lipinski definition) is 1. The number of hydrogen-bond acceptors (Lipinski definition) is 4. The Morgan fingerprint density at radius 2 is 2.09 bits per heavy atom. The van der Waals surface area contributed by atoms with Gasteiger partial charge in [-0.2, -0.15) is 0 Å². The molecule has 3 rings (SSSR count). The summed E-state index contributed by atoms with van der Waals surface area (Å²) in [6.07, 6.45) is 10.9. The Kier molecular flexibility index (Phi) is 4.57. The van der Waals surface area contributed by atoms with Crippen molar-refractivity contribution in [2.75, 3.05) is 6.54 Å². The van der Waals surface area contributed by atoms with Crippen molar-refractivity contribution < 1.29 is 4.92 Å². The van der Waals surface area contributed by atoms with Gasteiger partial charge in [0.2, 0.25) is 0 Å². The van der Waals surface area contributed by atoms with Crippen LogP contribution < -0.4 is 5.43 Å². The summed E-state index contributed by atoms with van der Waals surface area (Å²) in [5.41, 5.74) is 6.32. The number of aryl methyl sites for hydroxylation is 1. The third-order valence-electron chi connectivity index (χ3n) is 4.23. The van der Waals surface area contributed by atoms with E-state index in [1.165, 1.54) is 5.56 Å². The number of rotatable bonds is 5. The van der Waals surface area contributed by atoms with Crippen LogP contribution in [-0.4, -0.2) is 16.5 Å². The molecule has 0 spiro atoms. The molecule has 1 aromatic carbocycles. The summed E-state index contributed by atoms with van der Waals surface area (Å²) >= 11 is 0. The third-order valence-corrected chi connectivity index (χ3v) is 4.23. The molecule has 2 heterocycles. The van der Waals surface area contributed by atoms with E-state index in [9.17, 15) is 10.1 Å². The SMILES string of the molecule is CCCCc1ccc(C2NN3CC=CC=CC3=C2[N+](=O)[O-])cc1. The Bertz CT molecular complexity index is 674. The number of unbranched alkanes of at least 4 members (excludes halogenated alkanes) is 1. The van der Waals surface area contributed by atoms with Crippen molar-refractivity contribution >= 4 is 0 Å². The standard InChI is InChI=1S/C18H21N3O2/c1-2-3-7-14-9-11-15(12-10-14)17-18(21(22)23)16-8-5-4-6-13-20(16)19-17/h4-6,8-12,17,19H,2-3,7,13H2,1H3. The first-order valence-corrected chi connectivity index (χ1v) is 8.05. The topological polar surface area (TPSA) is 58.4 Å². The number of hydrazine groups is 1. The van der Waals surface area contributed by atoms with Gasteiger partial charge in [-0.1, -0.05) is 55.8 Å². The minimum absolute atomic E-state index is 0.214. The van der Waals surface area contributed by atoms with Gasteiger partial charge in [-0.3, -0.25) is 15.1 Å². The maximum atomic E-state index is 11.6. The second-order valence-electron chi connectivity index (χ2n) is 5.83. The summed E-state index contributed by atoms with van der Waals surface area (Å²) < 4.78 is 0. The molecule has 5 heteroatoms. The van der Waals surface area contributed by atoms with E-state index in [-0.39, 0.29) is 10.6 Å². The fourth-order valence-corrected chi connectivity index (χ4v) is 2.98. The van der Waals surface area contributed by atoms with E-state index in [1.807, 2.05) is 35.4 Å². The Labute approximate surface area is 136 Å². The van der Waals surface area contributed by atoms with Gasteiger partial charge in [0.15, 0.2) is 0 Å². The molecule has 1 unspecified atom stereocenters. The molecular weight excluding hydrogens is 290 g/mol. The molecule has 0 saturated heterocycles. The lowest BCUT2D eigenvalue weighted by atomic mass is 10.0. The first kappa shape index (κ1) is 15.5. The molecule has 0 fully saturated rings. The zero-order chi connectivity index (χ0) is 16.2. The van der Waals surface area contributed by atoms with Gasteiger partial charge in [0.1, 0.15) is 11.7 Å². The molecule has 2 aliphatic rings. The fourth-order valence-electron chi connectivity index (χ4n) is 2.98. The quantitative estimate of drug-likeness (QED) is 0.668. The summed E-state index contributed by atoms with van der Waals surface area (Å²) in [7, 11) is 0. The van der Waals surface area contributed by atoms with Crippen LogP contribution >= 0.6 is 0 Å². The molecule has 0 bridgehead atoms. The van der Waals surface area contributed by atoms with Crippen LogP contribution in [0.15, 0.2) is 60.0 Å². The van der Waals surface area contributed by atoms with E-state index in [1.54, 1.807) is 6.08 Å². The smallest absolute Gasteiger partial charge is 0.293 e. The van der Waals surface area contributed by atoms with Crippen molar-refractivity contribution in [3.8, 4) is 0 Å². The van der Waals surface area contributed by atoms with Crippen LogP contribution in [0.5, 0.6) is 0 Å². The first-order valence-electron chi connectivity index (χ1n) is 8.05. The summed E-state index contributed by atoms with van der Waals surface area (Å²) in [5, 5.41) is 13.4. The lowest BCUT2D eigenvalue weighted by Gasteiger charge is -2.19. The summed E-state index contributed by atoms with van der Waals surface area (Å²) in [6.45, 7) is 2.79. The van der Waals surface area contributed by atoms with Crippen molar-refractivity contribution in [1.82, 2.24) is 10.4 Å². The van der Waals surface area contributed by atoms with Crippen LogP contribution in [0.4, 0.5) is 0 Å². The van der Waals surface area contributed by atoms with Crippen LogP contribution in [0.2, 0.25) is 0 Å². The number of allylic oxidation sites excluding steroid dienone is 3. The number of nitrogens with one attached hydrogen (secondary N) is 1. The van der Waals surface area contributed by atoms with Gasteiger partial charge in [0.25, 0.3) is 5.70 Å². The molecule has 0 aromatic heterocycles.